The molecule has 2 aliphatic carbocycles. The second kappa shape index (κ2) is 11.0. The Bertz CT molecular complexity index is 709. The Labute approximate surface area is 188 Å². The van der Waals surface area contributed by atoms with Gasteiger partial charge in [-0.15, -0.1) is 0 Å². The average Bonchev–Trinajstić information content (AvgIpc) is 2.66. The first-order valence-corrected chi connectivity index (χ1v) is 11.7. The summed E-state index contributed by atoms with van der Waals surface area (Å²) in [4.78, 5) is 12.0. The number of benzene rings is 1. The molecule has 0 spiro atoms. The molecule has 2 aliphatic rings. The minimum Gasteiger partial charge on any atom is -0.392 e. The maximum absolute atomic E-state index is 12.0. The number of primary amides is 1. The minimum atomic E-state index is -0.470. The molecule has 1 amide bonds. The Hall–Kier alpha value is -1.10. The van der Waals surface area contributed by atoms with Crippen molar-refractivity contribution in [3.63, 3.8) is 0 Å². The summed E-state index contributed by atoms with van der Waals surface area (Å²) >= 11 is 6.66. The first-order chi connectivity index (χ1) is 13.8. The Morgan fingerprint density at radius 2 is 1.97 bits per heavy atom. The number of aryl methyl sites for hydroxylation is 1. The van der Waals surface area contributed by atoms with E-state index in [4.69, 9.17) is 17.3 Å². The van der Waals surface area contributed by atoms with Crippen LogP contribution in [-0.4, -0.2) is 29.7 Å². The maximum Gasteiger partial charge on any atom is 0.250 e. The van der Waals surface area contributed by atoms with Crippen molar-refractivity contribution >= 4 is 17.5 Å². The van der Waals surface area contributed by atoms with Gasteiger partial charge in [0, 0.05) is 12.6 Å². The van der Waals surface area contributed by atoms with Crippen LogP contribution in [0, 0.1) is 18.8 Å². The van der Waals surface area contributed by atoms with Crippen molar-refractivity contribution in [1.29, 1.82) is 0 Å². The van der Waals surface area contributed by atoms with E-state index >= 15 is 0 Å². The van der Waals surface area contributed by atoms with Crippen LogP contribution >= 0.6 is 11.6 Å². The highest BCUT2D eigenvalue weighted by atomic mass is 35.5. The van der Waals surface area contributed by atoms with Gasteiger partial charge in [0.15, 0.2) is 0 Å². The van der Waals surface area contributed by atoms with Gasteiger partial charge in [-0.1, -0.05) is 64.6 Å². The van der Waals surface area contributed by atoms with Gasteiger partial charge < -0.3 is 16.2 Å². The maximum atomic E-state index is 12.0. The molecule has 30 heavy (non-hydrogen) atoms. The molecule has 0 aliphatic heterocycles. The van der Waals surface area contributed by atoms with Crippen LogP contribution < -0.4 is 11.1 Å². The molecule has 1 aromatic carbocycles. The summed E-state index contributed by atoms with van der Waals surface area (Å²) in [5.74, 6) is 0.390. The molecule has 2 radical (unpaired) electrons. The van der Waals surface area contributed by atoms with Gasteiger partial charge in [-0.2, -0.15) is 0 Å². The molecule has 0 saturated heterocycles. The Balaban J connectivity index is 0.00000320. The highest BCUT2D eigenvalue weighted by Crippen LogP contribution is 2.51. The van der Waals surface area contributed by atoms with E-state index in [1.165, 1.54) is 44.9 Å². The first-order valence-electron chi connectivity index (χ1n) is 11.3. The van der Waals surface area contributed by atoms with Crippen LogP contribution in [0.1, 0.15) is 86.7 Å². The molecular weight excluding hydrogens is 396 g/mol. The number of carbonyl (C=O) groups excluding carboxylic acids is 1. The van der Waals surface area contributed by atoms with Gasteiger partial charge >= 0.3 is 0 Å². The summed E-state index contributed by atoms with van der Waals surface area (Å²) in [5.41, 5.74) is 8.50. The zero-order chi connectivity index (χ0) is 21.0. The van der Waals surface area contributed by atoms with Gasteiger partial charge in [0.05, 0.1) is 16.7 Å². The number of carbonyl (C=O) groups is 1. The van der Waals surface area contributed by atoms with Crippen molar-refractivity contribution in [3.8, 4) is 0 Å². The SMILES string of the molecule is CC(C)NC[C@@H](O)CCc1cc(CC23CCCC(CCC2)C3)c(Cl)c(C(N)=O)c1.[CH2]. The highest BCUT2D eigenvalue weighted by Gasteiger charge is 2.39. The average molecular weight is 435 g/mol. The van der Waals surface area contributed by atoms with Gasteiger partial charge in [-0.25, -0.2) is 0 Å². The quantitative estimate of drug-likeness (QED) is 0.514. The van der Waals surface area contributed by atoms with Crippen LogP contribution in [0.15, 0.2) is 12.1 Å². The smallest absolute Gasteiger partial charge is 0.250 e. The summed E-state index contributed by atoms with van der Waals surface area (Å²) in [6.07, 6.45) is 11.0. The number of nitrogens with two attached hydrogens (primary N) is 1. The van der Waals surface area contributed by atoms with Crippen LogP contribution in [0.4, 0.5) is 0 Å². The number of aliphatic hydroxyl groups is 1. The Morgan fingerprint density at radius 3 is 2.57 bits per heavy atom. The van der Waals surface area contributed by atoms with Crippen LogP contribution in [0.3, 0.4) is 0 Å². The zero-order valence-electron chi connectivity index (χ0n) is 18.7. The fourth-order valence-electron chi connectivity index (χ4n) is 5.48. The third kappa shape index (κ3) is 6.45. The lowest BCUT2D eigenvalue weighted by molar-refractivity contribution is 0.0774. The molecule has 2 bridgehead atoms. The molecule has 2 fully saturated rings. The molecule has 0 unspecified atom stereocenters. The number of hydrogen-bond donors (Lipinski definition) is 3. The van der Waals surface area contributed by atoms with E-state index in [-0.39, 0.29) is 7.43 Å². The largest absolute Gasteiger partial charge is 0.392 e. The van der Waals surface area contributed by atoms with Crippen molar-refractivity contribution in [2.24, 2.45) is 17.1 Å². The summed E-state index contributed by atoms with van der Waals surface area (Å²) < 4.78 is 0. The van der Waals surface area contributed by atoms with E-state index in [1.54, 1.807) is 0 Å². The lowest BCUT2D eigenvalue weighted by Crippen LogP contribution is -2.35. The fraction of sp³-hybridized carbons (Fsp3) is 0.680. The van der Waals surface area contributed by atoms with Crippen LogP contribution in [0.5, 0.6) is 0 Å². The predicted octanol–water partition coefficient (Wildman–Crippen LogP) is 4.96. The first kappa shape index (κ1) is 25.2. The van der Waals surface area contributed by atoms with Crippen molar-refractivity contribution in [3.05, 3.63) is 41.3 Å². The van der Waals surface area contributed by atoms with E-state index in [0.717, 1.165) is 23.5 Å². The second-order valence-electron chi connectivity index (χ2n) is 9.77. The molecule has 0 aromatic heterocycles. The van der Waals surface area contributed by atoms with E-state index in [0.29, 0.717) is 41.4 Å². The minimum absolute atomic E-state index is 0. The highest BCUT2D eigenvalue weighted by molar-refractivity contribution is 6.34. The van der Waals surface area contributed by atoms with E-state index < -0.39 is 12.0 Å². The summed E-state index contributed by atoms with van der Waals surface area (Å²) in [6.45, 7) is 4.71. The Morgan fingerprint density at radius 1 is 1.30 bits per heavy atom. The summed E-state index contributed by atoms with van der Waals surface area (Å²) in [7, 11) is 0. The van der Waals surface area contributed by atoms with Gasteiger partial charge in [0.2, 0.25) is 5.91 Å². The molecule has 1 atom stereocenters. The number of rotatable bonds is 9. The molecule has 4 N–H and O–H groups in total. The number of nitrogens with one attached hydrogen (secondary N) is 1. The third-order valence-corrected chi connectivity index (χ3v) is 7.37. The van der Waals surface area contributed by atoms with Gasteiger partial charge in [0.1, 0.15) is 0 Å². The van der Waals surface area contributed by atoms with Crippen molar-refractivity contribution in [2.75, 3.05) is 6.54 Å². The van der Waals surface area contributed by atoms with Gasteiger partial charge in [0.25, 0.3) is 0 Å². The lowest BCUT2D eigenvalue weighted by atomic mass is 9.60. The number of aliphatic hydroxyl groups excluding tert-OH is 1. The van der Waals surface area contributed by atoms with Crippen molar-refractivity contribution in [2.45, 2.75) is 90.2 Å². The van der Waals surface area contributed by atoms with Crippen LogP contribution in [0.2, 0.25) is 5.02 Å². The van der Waals surface area contributed by atoms with E-state index in [1.807, 2.05) is 6.07 Å². The van der Waals surface area contributed by atoms with Gasteiger partial charge in [-0.05, 0) is 67.1 Å². The topological polar surface area (TPSA) is 75.3 Å². The molecule has 4 nitrogen and oxygen atoms in total. The van der Waals surface area contributed by atoms with Crippen molar-refractivity contribution < 1.29 is 9.90 Å². The van der Waals surface area contributed by atoms with Crippen LogP contribution in [-0.2, 0) is 12.8 Å². The third-order valence-electron chi connectivity index (χ3n) is 6.93. The fourth-order valence-corrected chi connectivity index (χ4v) is 5.75. The number of amides is 1. The van der Waals surface area contributed by atoms with E-state index in [9.17, 15) is 9.90 Å². The molecule has 168 valence electrons. The molecule has 3 rings (SSSR count). The monoisotopic (exact) mass is 434 g/mol. The molecule has 1 aromatic rings. The number of fused-ring (bicyclic) bond motifs is 2. The number of hydrogen-bond acceptors (Lipinski definition) is 3. The second-order valence-corrected chi connectivity index (χ2v) is 10.1. The molecule has 2 saturated carbocycles. The van der Waals surface area contributed by atoms with E-state index in [2.05, 4.69) is 25.2 Å². The lowest BCUT2D eigenvalue weighted by Gasteiger charge is -2.45. The standard InChI is InChI=1S/C24H37ClN2O2.CH2/c1-16(2)27-15-20(28)8-7-18-11-19(22(25)21(12-18)23(26)29)14-24-9-3-5-17(13-24)6-4-10-24;/h11-12,16-17,20,27-28H,3-10,13-15H2,1-2H3,(H2,26,29);1H2/t17?,20-,24?;/m0./s1. The van der Waals surface area contributed by atoms with Crippen molar-refractivity contribution in [1.82, 2.24) is 5.32 Å². The molecule has 0 heterocycles. The van der Waals surface area contributed by atoms with Crippen LogP contribution in [0.25, 0.3) is 0 Å². The van der Waals surface area contributed by atoms with Gasteiger partial charge in [-0.3, -0.25) is 4.79 Å². The summed E-state index contributed by atoms with van der Waals surface area (Å²) in [6, 6.07) is 4.32. The predicted molar refractivity (Wildman–Crippen MR) is 125 cm³/mol. The normalized spacial score (nSPS) is 24.4. The zero-order valence-corrected chi connectivity index (χ0v) is 19.4. The molecular formula is C25H39ClN2O2. The molecule has 5 heteroatoms. The summed E-state index contributed by atoms with van der Waals surface area (Å²) in [5, 5.41) is 14.1. The Kier molecular flexibility index (Phi) is 9.20. The number of halogens is 1.